The minimum Gasteiger partial charge on any atom is -0.339 e. The molecule has 1 aliphatic rings. The summed E-state index contributed by atoms with van der Waals surface area (Å²) in [4.78, 5) is 21.6. The van der Waals surface area contributed by atoms with Crippen molar-refractivity contribution < 1.29 is 4.79 Å². The van der Waals surface area contributed by atoms with E-state index in [1.54, 1.807) is 0 Å². The fourth-order valence-corrected chi connectivity index (χ4v) is 4.51. The van der Waals surface area contributed by atoms with E-state index in [-0.39, 0.29) is 5.91 Å². The van der Waals surface area contributed by atoms with Gasteiger partial charge in [-0.1, -0.05) is 42.1 Å². The molecule has 6 heteroatoms. The molecular weight excluding hydrogens is 380 g/mol. The number of benzene rings is 1. The summed E-state index contributed by atoms with van der Waals surface area (Å²) in [7, 11) is 0. The molecular formula is C23H28N4OS. The van der Waals surface area contributed by atoms with Crippen LogP contribution in [0, 0.1) is 32.1 Å². The summed E-state index contributed by atoms with van der Waals surface area (Å²) < 4.78 is 0. The number of amides is 1. The molecule has 0 unspecified atom stereocenters. The molecule has 2 aromatic rings. The first-order valence-corrected chi connectivity index (χ1v) is 11.0. The predicted octanol–water partition coefficient (Wildman–Crippen LogP) is 3.36. The molecule has 0 radical (unpaired) electrons. The van der Waals surface area contributed by atoms with Crippen LogP contribution in [0.2, 0.25) is 0 Å². The van der Waals surface area contributed by atoms with Gasteiger partial charge in [0, 0.05) is 38.4 Å². The number of thioether (sulfide) groups is 1. The average molecular weight is 409 g/mol. The Morgan fingerprint density at radius 3 is 2.45 bits per heavy atom. The van der Waals surface area contributed by atoms with Crippen LogP contribution in [0.15, 0.2) is 35.4 Å². The minimum absolute atomic E-state index is 0.124. The molecule has 1 aromatic heterocycles. The average Bonchev–Trinajstić information content (AvgIpc) is 2.75. The number of pyridine rings is 1. The molecule has 0 aliphatic carbocycles. The van der Waals surface area contributed by atoms with E-state index in [1.807, 2.05) is 31.7 Å². The highest BCUT2D eigenvalue weighted by molar-refractivity contribution is 8.00. The number of carbonyl (C=O) groups excluding carboxylic acids is 1. The standard InChI is InChI=1S/C23H28N4OS/c1-17-18(2)21(15-24)23(25-19(17)3)29-16-22(28)27-13-11-26(12-14-27)10-9-20-7-5-4-6-8-20/h4-8H,9-14,16H2,1-3H3. The van der Waals surface area contributed by atoms with Crippen LogP contribution in [0.25, 0.3) is 0 Å². The Morgan fingerprint density at radius 2 is 1.79 bits per heavy atom. The van der Waals surface area contributed by atoms with Crippen molar-refractivity contribution in [3.05, 3.63) is 58.3 Å². The topological polar surface area (TPSA) is 60.2 Å². The SMILES string of the molecule is Cc1nc(SCC(=O)N2CCN(CCc3ccccc3)CC2)c(C#N)c(C)c1C. The molecule has 2 heterocycles. The molecule has 5 nitrogen and oxygen atoms in total. The molecule has 29 heavy (non-hydrogen) atoms. The maximum absolute atomic E-state index is 12.7. The Kier molecular flexibility index (Phi) is 7.29. The minimum atomic E-state index is 0.124. The number of aromatic nitrogens is 1. The van der Waals surface area contributed by atoms with E-state index in [9.17, 15) is 10.1 Å². The summed E-state index contributed by atoms with van der Waals surface area (Å²) in [5.41, 5.74) is 4.87. The monoisotopic (exact) mass is 408 g/mol. The Bertz CT molecular complexity index is 899. The van der Waals surface area contributed by atoms with Crippen LogP contribution in [0.3, 0.4) is 0 Å². The number of nitriles is 1. The smallest absolute Gasteiger partial charge is 0.233 e. The highest BCUT2D eigenvalue weighted by Crippen LogP contribution is 2.26. The van der Waals surface area contributed by atoms with Crippen LogP contribution in [-0.4, -0.2) is 59.2 Å². The first kappa shape index (κ1) is 21.4. The molecule has 0 saturated carbocycles. The van der Waals surface area contributed by atoms with Crippen molar-refractivity contribution in [3.8, 4) is 6.07 Å². The zero-order valence-corrected chi connectivity index (χ0v) is 18.3. The molecule has 1 aliphatic heterocycles. The van der Waals surface area contributed by atoms with Gasteiger partial charge in [-0.15, -0.1) is 0 Å². The van der Waals surface area contributed by atoms with Gasteiger partial charge >= 0.3 is 0 Å². The van der Waals surface area contributed by atoms with Crippen molar-refractivity contribution >= 4 is 17.7 Å². The van der Waals surface area contributed by atoms with Gasteiger partial charge in [0.15, 0.2) is 0 Å². The first-order chi connectivity index (χ1) is 14.0. The summed E-state index contributed by atoms with van der Waals surface area (Å²) >= 11 is 1.38. The number of piperazine rings is 1. The summed E-state index contributed by atoms with van der Waals surface area (Å²) in [5.74, 6) is 0.451. The van der Waals surface area contributed by atoms with Gasteiger partial charge in [-0.25, -0.2) is 4.98 Å². The van der Waals surface area contributed by atoms with E-state index >= 15 is 0 Å². The van der Waals surface area contributed by atoms with Gasteiger partial charge in [-0.2, -0.15) is 5.26 Å². The summed E-state index contributed by atoms with van der Waals surface area (Å²) in [5, 5.41) is 10.2. The third-order valence-corrected chi connectivity index (χ3v) is 6.65. The van der Waals surface area contributed by atoms with Crippen LogP contribution in [-0.2, 0) is 11.2 Å². The molecule has 0 atom stereocenters. The molecule has 0 spiro atoms. The fraction of sp³-hybridized carbons (Fsp3) is 0.435. The molecule has 0 bridgehead atoms. The van der Waals surface area contributed by atoms with Crippen LogP contribution in [0.4, 0.5) is 0 Å². The van der Waals surface area contributed by atoms with Crippen LogP contribution in [0.1, 0.15) is 27.9 Å². The van der Waals surface area contributed by atoms with Gasteiger partial charge in [0.05, 0.1) is 11.3 Å². The number of rotatable bonds is 6. The zero-order chi connectivity index (χ0) is 20.8. The van der Waals surface area contributed by atoms with E-state index in [2.05, 4.69) is 40.2 Å². The van der Waals surface area contributed by atoms with E-state index < -0.39 is 0 Å². The number of hydrogen-bond donors (Lipinski definition) is 0. The normalized spacial score (nSPS) is 14.6. The second-order valence-electron chi connectivity index (χ2n) is 7.49. The Hall–Kier alpha value is -2.36. The second-order valence-corrected chi connectivity index (χ2v) is 8.45. The number of hydrogen-bond acceptors (Lipinski definition) is 5. The van der Waals surface area contributed by atoms with Gasteiger partial charge in [0.2, 0.25) is 5.91 Å². The van der Waals surface area contributed by atoms with Gasteiger partial charge in [-0.3, -0.25) is 9.69 Å². The fourth-order valence-electron chi connectivity index (χ4n) is 3.52. The number of aryl methyl sites for hydroxylation is 1. The third-order valence-electron chi connectivity index (χ3n) is 5.69. The van der Waals surface area contributed by atoms with Crippen LogP contribution >= 0.6 is 11.8 Å². The summed E-state index contributed by atoms with van der Waals surface area (Å²) in [6, 6.07) is 12.8. The van der Waals surface area contributed by atoms with Crippen LogP contribution in [0.5, 0.6) is 0 Å². The van der Waals surface area contributed by atoms with E-state index in [4.69, 9.17) is 0 Å². The first-order valence-electron chi connectivity index (χ1n) is 10.0. The Morgan fingerprint density at radius 1 is 1.10 bits per heavy atom. The second kappa shape index (κ2) is 9.91. The van der Waals surface area contributed by atoms with Crippen molar-refractivity contribution in [3.63, 3.8) is 0 Å². The highest BCUT2D eigenvalue weighted by Gasteiger charge is 2.22. The highest BCUT2D eigenvalue weighted by atomic mass is 32.2. The molecule has 1 fully saturated rings. The Labute approximate surface area is 177 Å². The third kappa shape index (κ3) is 5.37. The van der Waals surface area contributed by atoms with Gasteiger partial charge in [0.1, 0.15) is 11.1 Å². The lowest BCUT2D eigenvalue weighted by atomic mass is 10.1. The molecule has 1 aromatic carbocycles. The molecule has 152 valence electrons. The molecule has 3 rings (SSSR count). The van der Waals surface area contributed by atoms with Gasteiger partial charge in [0.25, 0.3) is 0 Å². The molecule has 1 amide bonds. The number of nitrogens with zero attached hydrogens (tertiary/aromatic N) is 4. The van der Waals surface area contributed by atoms with Crippen molar-refractivity contribution in [2.24, 2.45) is 0 Å². The largest absolute Gasteiger partial charge is 0.339 e. The van der Waals surface area contributed by atoms with Crippen molar-refractivity contribution in [2.75, 3.05) is 38.5 Å². The number of carbonyl (C=O) groups is 1. The van der Waals surface area contributed by atoms with E-state index in [0.29, 0.717) is 16.3 Å². The molecule has 0 N–H and O–H groups in total. The van der Waals surface area contributed by atoms with Gasteiger partial charge < -0.3 is 4.90 Å². The maximum Gasteiger partial charge on any atom is 0.233 e. The molecule has 1 saturated heterocycles. The maximum atomic E-state index is 12.7. The van der Waals surface area contributed by atoms with Crippen molar-refractivity contribution in [2.45, 2.75) is 32.2 Å². The summed E-state index contributed by atoms with van der Waals surface area (Å²) in [6.45, 7) is 10.2. The van der Waals surface area contributed by atoms with E-state index in [0.717, 1.165) is 56.0 Å². The van der Waals surface area contributed by atoms with Crippen molar-refractivity contribution in [1.82, 2.24) is 14.8 Å². The van der Waals surface area contributed by atoms with Crippen LogP contribution < -0.4 is 0 Å². The Balaban J connectivity index is 1.49. The summed E-state index contributed by atoms with van der Waals surface area (Å²) in [6.07, 6.45) is 1.04. The predicted molar refractivity (Wildman–Crippen MR) is 117 cm³/mol. The van der Waals surface area contributed by atoms with Crippen molar-refractivity contribution in [1.29, 1.82) is 5.26 Å². The van der Waals surface area contributed by atoms with E-state index in [1.165, 1.54) is 17.3 Å². The zero-order valence-electron chi connectivity index (χ0n) is 17.4. The quantitative estimate of drug-likeness (QED) is 0.686. The lowest BCUT2D eigenvalue weighted by molar-refractivity contribution is -0.130. The lowest BCUT2D eigenvalue weighted by Crippen LogP contribution is -2.49. The lowest BCUT2D eigenvalue weighted by Gasteiger charge is -2.34. The van der Waals surface area contributed by atoms with Gasteiger partial charge in [-0.05, 0) is 43.9 Å².